The van der Waals surface area contributed by atoms with Crippen LogP contribution in [0, 0.1) is 17.2 Å². The van der Waals surface area contributed by atoms with Gasteiger partial charge in [-0.15, -0.1) is 0 Å². The molecule has 0 radical (unpaired) electrons. The lowest BCUT2D eigenvalue weighted by molar-refractivity contribution is 0.0698. The summed E-state index contributed by atoms with van der Waals surface area (Å²) >= 11 is 0. The Morgan fingerprint density at radius 3 is 3.00 bits per heavy atom. The van der Waals surface area contributed by atoms with Gasteiger partial charge in [-0.05, 0) is 31.0 Å². The first-order valence-corrected chi connectivity index (χ1v) is 9.66. The van der Waals surface area contributed by atoms with Crippen LogP contribution in [0.4, 0.5) is 0 Å². The van der Waals surface area contributed by atoms with Crippen molar-refractivity contribution in [3.05, 3.63) is 47.9 Å². The Balaban J connectivity index is 1.75. The predicted molar refractivity (Wildman–Crippen MR) is 91.2 cm³/mol. The molecule has 1 saturated heterocycles. The number of likely N-dealkylation sites (tertiary alicyclic amines) is 1. The number of nitriles is 1. The Labute approximate surface area is 151 Å². The second-order valence-corrected chi connectivity index (χ2v) is 7.83. The largest absolute Gasteiger partial charge is 0.364 e. The molecule has 9 heteroatoms. The maximum Gasteiger partial charge on any atom is 0.253 e. The number of carbonyl (C=O) groups excluding carboxylic acids is 1. The molecular weight excluding hydrogens is 356 g/mol. The monoisotopic (exact) mass is 374 g/mol. The van der Waals surface area contributed by atoms with E-state index in [0.29, 0.717) is 18.8 Å². The lowest BCUT2D eigenvalue weighted by atomic mass is 9.99. The van der Waals surface area contributed by atoms with Gasteiger partial charge in [0.2, 0.25) is 10.0 Å². The Morgan fingerprint density at radius 1 is 1.42 bits per heavy atom. The standard InChI is InChI=1S/C17H18N4O4S/c18-10-13-3-2-7-21(12-13)17(22)14-4-1-5-16(9-14)26(23,24)19-11-15-6-8-25-20-15/h1,4-6,8-9,13,19H,2-3,7,11-12H2/t13-/m1/s1. The Kier molecular flexibility index (Phi) is 5.35. The molecule has 0 saturated carbocycles. The summed E-state index contributed by atoms with van der Waals surface area (Å²) in [6.45, 7) is 0.933. The van der Waals surface area contributed by atoms with Crippen LogP contribution in [-0.2, 0) is 16.6 Å². The zero-order chi connectivity index (χ0) is 18.6. The van der Waals surface area contributed by atoms with Crippen LogP contribution >= 0.6 is 0 Å². The number of carbonyl (C=O) groups is 1. The number of hydrogen-bond donors (Lipinski definition) is 1. The van der Waals surface area contributed by atoms with Gasteiger partial charge >= 0.3 is 0 Å². The summed E-state index contributed by atoms with van der Waals surface area (Å²) in [7, 11) is -3.79. The molecule has 1 atom stereocenters. The second kappa shape index (κ2) is 7.68. The fourth-order valence-corrected chi connectivity index (χ4v) is 3.87. The van der Waals surface area contributed by atoms with E-state index in [-0.39, 0.29) is 28.8 Å². The van der Waals surface area contributed by atoms with Crippen molar-refractivity contribution < 1.29 is 17.7 Å². The number of nitrogens with one attached hydrogen (secondary N) is 1. The zero-order valence-electron chi connectivity index (χ0n) is 14.0. The highest BCUT2D eigenvalue weighted by Gasteiger charge is 2.25. The number of benzene rings is 1. The van der Waals surface area contributed by atoms with Crippen LogP contribution < -0.4 is 4.72 Å². The van der Waals surface area contributed by atoms with Crippen LogP contribution in [0.25, 0.3) is 0 Å². The third kappa shape index (κ3) is 4.09. The van der Waals surface area contributed by atoms with Gasteiger partial charge in [0.05, 0.1) is 29.1 Å². The predicted octanol–water partition coefficient (Wildman–Crippen LogP) is 1.53. The maximum atomic E-state index is 12.7. The number of aromatic nitrogens is 1. The second-order valence-electron chi connectivity index (χ2n) is 6.06. The van der Waals surface area contributed by atoms with Gasteiger partial charge in [0, 0.05) is 24.7 Å². The van der Waals surface area contributed by atoms with Crippen molar-refractivity contribution in [2.75, 3.05) is 13.1 Å². The molecule has 0 bridgehead atoms. The van der Waals surface area contributed by atoms with Crippen molar-refractivity contribution in [3.8, 4) is 6.07 Å². The molecule has 0 unspecified atom stereocenters. The van der Waals surface area contributed by atoms with Crippen molar-refractivity contribution >= 4 is 15.9 Å². The summed E-state index contributed by atoms with van der Waals surface area (Å²) in [4.78, 5) is 14.3. The molecule has 1 aliphatic heterocycles. The quantitative estimate of drug-likeness (QED) is 0.848. The molecule has 136 valence electrons. The molecule has 1 amide bonds. The highest BCUT2D eigenvalue weighted by Crippen LogP contribution is 2.19. The topological polar surface area (TPSA) is 116 Å². The maximum absolute atomic E-state index is 12.7. The molecule has 8 nitrogen and oxygen atoms in total. The number of rotatable bonds is 5. The van der Waals surface area contributed by atoms with E-state index in [0.717, 1.165) is 12.8 Å². The molecule has 1 fully saturated rings. The van der Waals surface area contributed by atoms with Crippen LogP contribution in [0.5, 0.6) is 0 Å². The van der Waals surface area contributed by atoms with Crippen molar-refractivity contribution in [1.82, 2.24) is 14.8 Å². The van der Waals surface area contributed by atoms with E-state index >= 15 is 0 Å². The Bertz CT molecular complexity index is 918. The smallest absolute Gasteiger partial charge is 0.253 e. The summed E-state index contributed by atoms with van der Waals surface area (Å²) in [6, 6.07) is 9.64. The van der Waals surface area contributed by atoms with E-state index in [1.807, 2.05) is 0 Å². The van der Waals surface area contributed by atoms with E-state index in [1.54, 1.807) is 17.0 Å². The first-order chi connectivity index (χ1) is 12.5. The van der Waals surface area contributed by atoms with E-state index in [9.17, 15) is 13.2 Å². The summed E-state index contributed by atoms with van der Waals surface area (Å²) in [6.07, 6.45) is 2.90. The molecule has 0 aliphatic carbocycles. The zero-order valence-corrected chi connectivity index (χ0v) is 14.8. The van der Waals surface area contributed by atoms with E-state index in [2.05, 4.69) is 20.5 Å². The Hall–Kier alpha value is -2.70. The van der Waals surface area contributed by atoms with Crippen LogP contribution in [0.2, 0.25) is 0 Å². The number of piperidine rings is 1. The molecule has 0 spiro atoms. The van der Waals surface area contributed by atoms with E-state index in [1.165, 1.54) is 24.5 Å². The molecule has 1 aromatic heterocycles. The molecule has 1 aromatic carbocycles. The molecule has 26 heavy (non-hydrogen) atoms. The highest BCUT2D eigenvalue weighted by molar-refractivity contribution is 7.89. The first-order valence-electron chi connectivity index (χ1n) is 8.17. The average Bonchev–Trinajstić information content (AvgIpc) is 3.20. The normalized spacial score (nSPS) is 17.7. The van der Waals surface area contributed by atoms with Crippen molar-refractivity contribution in [3.63, 3.8) is 0 Å². The van der Waals surface area contributed by atoms with E-state index in [4.69, 9.17) is 5.26 Å². The van der Waals surface area contributed by atoms with Crippen molar-refractivity contribution in [2.24, 2.45) is 5.92 Å². The average molecular weight is 374 g/mol. The van der Waals surface area contributed by atoms with Crippen molar-refractivity contribution in [1.29, 1.82) is 5.26 Å². The third-order valence-electron chi connectivity index (χ3n) is 4.22. The number of hydrogen-bond acceptors (Lipinski definition) is 6. The van der Waals surface area contributed by atoms with Gasteiger partial charge in [-0.3, -0.25) is 4.79 Å². The number of nitrogens with zero attached hydrogens (tertiary/aromatic N) is 3. The lowest BCUT2D eigenvalue weighted by Crippen LogP contribution is -2.39. The highest BCUT2D eigenvalue weighted by atomic mass is 32.2. The van der Waals surface area contributed by atoms with Gasteiger partial charge in [-0.25, -0.2) is 13.1 Å². The minimum absolute atomic E-state index is 0.000637. The number of amides is 1. The molecule has 2 heterocycles. The number of sulfonamides is 1. The van der Waals surface area contributed by atoms with Gasteiger partial charge in [0.15, 0.2) is 0 Å². The van der Waals surface area contributed by atoms with Gasteiger partial charge in [-0.1, -0.05) is 11.2 Å². The van der Waals surface area contributed by atoms with Crippen LogP contribution in [0.1, 0.15) is 28.9 Å². The molecule has 3 rings (SSSR count). The first kappa shape index (κ1) is 18.1. The summed E-state index contributed by atoms with van der Waals surface area (Å²) in [5, 5.41) is 12.7. The van der Waals surface area contributed by atoms with Crippen LogP contribution in [0.15, 0.2) is 46.0 Å². The van der Waals surface area contributed by atoms with Crippen LogP contribution in [-0.4, -0.2) is 37.5 Å². The minimum Gasteiger partial charge on any atom is -0.364 e. The fourth-order valence-electron chi connectivity index (χ4n) is 2.83. The fraction of sp³-hybridized carbons (Fsp3) is 0.353. The molecule has 1 N–H and O–H groups in total. The van der Waals surface area contributed by atoms with E-state index < -0.39 is 10.0 Å². The summed E-state index contributed by atoms with van der Waals surface area (Å²) < 4.78 is 32.0. The van der Waals surface area contributed by atoms with Gasteiger partial charge in [-0.2, -0.15) is 5.26 Å². The van der Waals surface area contributed by atoms with Gasteiger partial charge in [0.25, 0.3) is 5.91 Å². The van der Waals surface area contributed by atoms with Gasteiger partial charge in [0.1, 0.15) is 6.26 Å². The SMILES string of the molecule is N#C[C@H]1CCCN(C(=O)c2cccc(S(=O)(=O)NCc3ccon3)c2)C1. The van der Waals surface area contributed by atoms with Crippen LogP contribution in [0.3, 0.4) is 0 Å². The molecule has 1 aliphatic rings. The van der Waals surface area contributed by atoms with Gasteiger partial charge < -0.3 is 9.42 Å². The minimum atomic E-state index is -3.79. The lowest BCUT2D eigenvalue weighted by Gasteiger charge is -2.29. The molecule has 2 aromatic rings. The summed E-state index contributed by atoms with van der Waals surface area (Å²) in [5.41, 5.74) is 0.740. The molecular formula is C17H18N4O4S. The summed E-state index contributed by atoms with van der Waals surface area (Å²) in [5.74, 6) is -0.442. The van der Waals surface area contributed by atoms with Crippen molar-refractivity contribution in [2.45, 2.75) is 24.3 Å². The Morgan fingerprint density at radius 2 is 2.27 bits per heavy atom. The third-order valence-corrected chi connectivity index (χ3v) is 5.62.